The number of likely N-dealkylation sites (N-methyl/N-ethyl adjacent to an activating group) is 1. The Labute approximate surface area is 218 Å². The van der Waals surface area contributed by atoms with Gasteiger partial charge in [-0.15, -0.1) is 0 Å². The summed E-state index contributed by atoms with van der Waals surface area (Å²) in [5.41, 5.74) is 5.21. The van der Waals surface area contributed by atoms with E-state index in [0.717, 1.165) is 28.1 Å². The van der Waals surface area contributed by atoms with Crippen molar-refractivity contribution in [1.29, 1.82) is 0 Å². The number of ether oxygens (including phenoxy) is 2. The molecule has 7 heteroatoms. The van der Waals surface area contributed by atoms with Gasteiger partial charge in [0.1, 0.15) is 0 Å². The molecule has 0 aliphatic heterocycles. The number of benzene rings is 3. The van der Waals surface area contributed by atoms with Crippen molar-refractivity contribution in [2.24, 2.45) is 0 Å². The lowest BCUT2D eigenvalue weighted by Crippen LogP contribution is -2.35. The maximum absolute atomic E-state index is 12.2. The second kappa shape index (κ2) is 12.2. The molecule has 1 atom stereocenters. The van der Waals surface area contributed by atoms with Crippen molar-refractivity contribution in [3.8, 4) is 28.4 Å². The van der Waals surface area contributed by atoms with Crippen LogP contribution in [0, 0.1) is 0 Å². The zero-order valence-corrected chi connectivity index (χ0v) is 21.8. The summed E-state index contributed by atoms with van der Waals surface area (Å²) < 4.78 is 13.7. The van der Waals surface area contributed by atoms with Crippen LogP contribution in [0.15, 0.2) is 85.1 Å². The number of aromatic nitrogens is 2. The van der Waals surface area contributed by atoms with Gasteiger partial charge in [0.2, 0.25) is 0 Å². The van der Waals surface area contributed by atoms with E-state index in [1.807, 2.05) is 78.3 Å². The summed E-state index contributed by atoms with van der Waals surface area (Å²) in [4.78, 5) is 13.7. The molecule has 0 saturated heterocycles. The van der Waals surface area contributed by atoms with Crippen LogP contribution in [-0.4, -0.2) is 47.4 Å². The minimum absolute atomic E-state index is 0.0986. The van der Waals surface area contributed by atoms with Gasteiger partial charge in [0.15, 0.2) is 17.6 Å². The van der Waals surface area contributed by atoms with E-state index in [1.165, 1.54) is 4.90 Å². The van der Waals surface area contributed by atoms with Gasteiger partial charge in [0.05, 0.1) is 18.0 Å². The number of para-hydroxylation sites is 1. The minimum Gasteiger partial charge on any atom is -0.490 e. The van der Waals surface area contributed by atoms with Crippen molar-refractivity contribution in [2.45, 2.75) is 33.0 Å². The molecule has 0 aliphatic carbocycles. The summed E-state index contributed by atoms with van der Waals surface area (Å²) >= 11 is 0. The van der Waals surface area contributed by atoms with E-state index < -0.39 is 6.10 Å². The van der Waals surface area contributed by atoms with Gasteiger partial charge < -0.3 is 19.7 Å². The monoisotopic (exact) mass is 498 g/mol. The van der Waals surface area contributed by atoms with Gasteiger partial charge in [-0.1, -0.05) is 54.6 Å². The van der Waals surface area contributed by atoms with Gasteiger partial charge in [-0.05, 0) is 43.7 Å². The molecular formula is C30H34N4O3. The maximum atomic E-state index is 12.2. The summed E-state index contributed by atoms with van der Waals surface area (Å²) in [6.45, 7) is 5.46. The molecule has 1 heterocycles. The van der Waals surface area contributed by atoms with Crippen molar-refractivity contribution >= 4 is 5.91 Å². The predicted octanol–water partition coefficient (Wildman–Crippen LogP) is 5.08. The van der Waals surface area contributed by atoms with Crippen LogP contribution < -0.4 is 14.8 Å². The summed E-state index contributed by atoms with van der Waals surface area (Å²) in [7, 11) is 3.43. The summed E-state index contributed by atoms with van der Waals surface area (Å²) in [5.74, 6) is 1.09. The average Bonchev–Trinajstić information content (AvgIpc) is 3.35. The molecule has 0 radical (unpaired) electrons. The van der Waals surface area contributed by atoms with Crippen LogP contribution in [0.4, 0.5) is 0 Å². The van der Waals surface area contributed by atoms with E-state index in [4.69, 9.17) is 14.6 Å². The largest absolute Gasteiger partial charge is 0.490 e. The van der Waals surface area contributed by atoms with E-state index in [9.17, 15) is 4.79 Å². The molecule has 4 rings (SSSR count). The molecule has 0 fully saturated rings. The first-order chi connectivity index (χ1) is 18.0. The number of hydrogen-bond acceptors (Lipinski definition) is 5. The fraction of sp³-hybridized carbons (Fsp3) is 0.267. The number of nitrogens with one attached hydrogen (secondary N) is 1. The van der Waals surface area contributed by atoms with Crippen LogP contribution in [0.25, 0.3) is 16.9 Å². The highest BCUT2D eigenvalue weighted by atomic mass is 16.5. The van der Waals surface area contributed by atoms with Gasteiger partial charge >= 0.3 is 0 Å². The smallest absolute Gasteiger partial charge is 0.262 e. The Morgan fingerprint density at radius 2 is 1.68 bits per heavy atom. The zero-order valence-electron chi connectivity index (χ0n) is 21.8. The quantitative estimate of drug-likeness (QED) is 0.312. The molecule has 0 spiro atoms. The van der Waals surface area contributed by atoms with Crippen LogP contribution in [0.1, 0.15) is 25.0 Å². The molecule has 4 aromatic rings. The standard InChI is InChI=1S/C30H34N4O3/c1-5-36-28-18-23(16-17-27(28)37-22(2)30(35)33(3)4)19-31-20-25-21-34(26-14-10-7-11-15-26)32-29(25)24-12-8-6-9-13-24/h6-18,21-22,31H,5,19-20H2,1-4H3. The van der Waals surface area contributed by atoms with Crippen LogP contribution in [0.3, 0.4) is 0 Å². The second-order valence-corrected chi connectivity index (χ2v) is 8.96. The van der Waals surface area contributed by atoms with E-state index in [1.54, 1.807) is 21.0 Å². The van der Waals surface area contributed by atoms with Gasteiger partial charge in [0.25, 0.3) is 5.91 Å². The maximum Gasteiger partial charge on any atom is 0.262 e. The third-order valence-corrected chi connectivity index (χ3v) is 5.90. The van der Waals surface area contributed by atoms with Crippen molar-refractivity contribution in [2.75, 3.05) is 20.7 Å². The average molecular weight is 499 g/mol. The first kappa shape index (κ1) is 26.0. The zero-order chi connectivity index (χ0) is 26.2. The van der Waals surface area contributed by atoms with Crippen LogP contribution >= 0.6 is 0 Å². The van der Waals surface area contributed by atoms with Gasteiger partial charge in [0, 0.05) is 44.5 Å². The number of rotatable bonds is 11. The number of carbonyl (C=O) groups is 1. The Morgan fingerprint density at radius 3 is 2.35 bits per heavy atom. The lowest BCUT2D eigenvalue weighted by Gasteiger charge is -2.20. The molecule has 1 amide bonds. The van der Waals surface area contributed by atoms with Gasteiger partial charge in [-0.3, -0.25) is 4.79 Å². The molecular weight excluding hydrogens is 464 g/mol. The summed E-state index contributed by atoms with van der Waals surface area (Å²) in [6, 6.07) is 26.2. The lowest BCUT2D eigenvalue weighted by molar-refractivity contribution is -0.135. The Morgan fingerprint density at radius 1 is 0.973 bits per heavy atom. The summed E-state index contributed by atoms with van der Waals surface area (Å²) in [5, 5.41) is 8.43. The van der Waals surface area contributed by atoms with Crippen molar-refractivity contribution < 1.29 is 14.3 Å². The van der Waals surface area contributed by atoms with Crippen LogP contribution in [-0.2, 0) is 17.9 Å². The molecule has 192 valence electrons. The van der Waals surface area contributed by atoms with E-state index in [0.29, 0.717) is 31.2 Å². The normalized spacial score (nSPS) is 11.7. The van der Waals surface area contributed by atoms with Gasteiger partial charge in [-0.2, -0.15) is 5.10 Å². The molecule has 0 bridgehead atoms. The van der Waals surface area contributed by atoms with Gasteiger partial charge in [-0.25, -0.2) is 4.68 Å². The number of carbonyl (C=O) groups excluding carboxylic acids is 1. The third kappa shape index (κ3) is 6.57. The third-order valence-electron chi connectivity index (χ3n) is 5.90. The van der Waals surface area contributed by atoms with Crippen molar-refractivity contribution in [3.05, 3.63) is 96.2 Å². The topological polar surface area (TPSA) is 68.6 Å². The van der Waals surface area contributed by atoms with Crippen molar-refractivity contribution in [3.63, 3.8) is 0 Å². The molecule has 0 aliphatic rings. The fourth-order valence-electron chi connectivity index (χ4n) is 4.07. The molecule has 37 heavy (non-hydrogen) atoms. The molecule has 3 aromatic carbocycles. The molecule has 1 aromatic heterocycles. The number of amides is 1. The Bertz CT molecular complexity index is 1300. The number of nitrogens with zero attached hydrogens (tertiary/aromatic N) is 3. The second-order valence-electron chi connectivity index (χ2n) is 8.96. The minimum atomic E-state index is -0.601. The van der Waals surface area contributed by atoms with Crippen molar-refractivity contribution in [1.82, 2.24) is 20.0 Å². The highest BCUT2D eigenvalue weighted by Crippen LogP contribution is 2.30. The molecule has 1 unspecified atom stereocenters. The predicted molar refractivity (Wildman–Crippen MR) is 146 cm³/mol. The van der Waals surface area contributed by atoms with E-state index in [-0.39, 0.29) is 5.91 Å². The highest BCUT2D eigenvalue weighted by Gasteiger charge is 2.19. The molecule has 0 saturated carbocycles. The molecule has 7 nitrogen and oxygen atoms in total. The summed E-state index contributed by atoms with van der Waals surface area (Å²) in [6.07, 6.45) is 1.48. The first-order valence-electron chi connectivity index (χ1n) is 12.5. The Hall–Kier alpha value is -4.10. The Kier molecular flexibility index (Phi) is 8.59. The fourth-order valence-corrected chi connectivity index (χ4v) is 4.07. The van der Waals surface area contributed by atoms with Crippen LogP contribution in [0.2, 0.25) is 0 Å². The van der Waals surface area contributed by atoms with E-state index in [2.05, 4.69) is 23.6 Å². The first-order valence-corrected chi connectivity index (χ1v) is 12.5. The van der Waals surface area contributed by atoms with Crippen LogP contribution in [0.5, 0.6) is 11.5 Å². The SMILES string of the molecule is CCOc1cc(CNCc2cn(-c3ccccc3)nc2-c2ccccc2)ccc1OC(C)C(=O)N(C)C. The number of hydrogen-bond donors (Lipinski definition) is 1. The molecule has 1 N–H and O–H groups in total. The van der Waals surface area contributed by atoms with E-state index >= 15 is 0 Å². The Balaban J connectivity index is 1.49. The highest BCUT2D eigenvalue weighted by molar-refractivity contribution is 5.80. The lowest BCUT2D eigenvalue weighted by atomic mass is 10.1.